The standard InChI is InChI=1S/C15H22N2O5S.ClH/c1-23-5-2-7(16)11(18)17-15(13(21)22)6-14(3-4-14)9-8(10(9)15)12(19)20;/h7-10H,2-6,16H2,1H3,(H,17,18)(H,19,20)(H,21,22);1H/t7-,8-,9-,10+,15-;/m0./s1. The van der Waals surface area contributed by atoms with Crippen molar-refractivity contribution in [3.05, 3.63) is 0 Å². The molecule has 0 radical (unpaired) electrons. The van der Waals surface area contributed by atoms with Gasteiger partial charge in [0.15, 0.2) is 0 Å². The molecule has 0 aromatic carbocycles. The maximum absolute atomic E-state index is 12.3. The molecule has 1 amide bonds. The van der Waals surface area contributed by atoms with Crippen LogP contribution in [0.5, 0.6) is 0 Å². The molecule has 3 saturated carbocycles. The van der Waals surface area contributed by atoms with Crippen molar-refractivity contribution in [1.29, 1.82) is 0 Å². The fourth-order valence-electron chi connectivity index (χ4n) is 4.54. The third-order valence-electron chi connectivity index (χ3n) is 5.80. The number of carbonyl (C=O) groups is 3. The molecule has 0 heterocycles. The van der Waals surface area contributed by atoms with Gasteiger partial charge in [-0.05, 0) is 49.0 Å². The summed E-state index contributed by atoms with van der Waals surface area (Å²) in [5.41, 5.74) is 4.16. The number of hydrogen-bond donors (Lipinski definition) is 4. The maximum atomic E-state index is 12.3. The molecule has 0 aromatic rings. The summed E-state index contributed by atoms with van der Waals surface area (Å²) >= 11 is 1.56. The number of fused-ring (bicyclic) bond motifs is 2. The Balaban J connectivity index is 0.00000208. The van der Waals surface area contributed by atoms with E-state index in [1.807, 2.05) is 6.26 Å². The number of amides is 1. The zero-order valence-corrected chi connectivity index (χ0v) is 15.0. The van der Waals surface area contributed by atoms with Gasteiger partial charge in [-0.1, -0.05) is 0 Å². The lowest BCUT2D eigenvalue weighted by atomic mass is 9.84. The van der Waals surface area contributed by atoms with E-state index in [0.29, 0.717) is 18.6 Å². The molecule has 136 valence electrons. The van der Waals surface area contributed by atoms with E-state index in [4.69, 9.17) is 5.73 Å². The van der Waals surface area contributed by atoms with Crippen molar-refractivity contribution in [2.24, 2.45) is 28.9 Å². The number of nitrogens with two attached hydrogens (primary N) is 1. The number of carboxylic acid groups (broad SMARTS) is 2. The van der Waals surface area contributed by atoms with E-state index in [0.717, 1.165) is 12.8 Å². The third kappa shape index (κ3) is 2.78. The van der Waals surface area contributed by atoms with Crippen LogP contribution in [0.15, 0.2) is 0 Å². The van der Waals surface area contributed by atoms with Crippen molar-refractivity contribution < 1.29 is 24.6 Å². The summed E-state index contributed by atoms with van der Waals surface area (Å²) in [5.74, 6) is -3.18. The summed E-state index contributed by atoms with van der Waals surface area (Å²) in [4.78, 5) is 35.7. The molecule has 5 atom stereocenters. The normalized spacial score (nSPS) is 35.5. The van der Waals surface area contributed by atoms with E-state index in [9.17, 15) is 24.6 Å². The Morgan fingerprint density at radius 1 is 1.29 bits per heavy atom. The van der Waals surface area contributed by atoms with Gasteiger partial charge in [0.25, 0.3) is 0 Å². The minimum Gasteiger partial charge on any atom is -0.481 e. The predicted octanol–water partition coefficient (Wildman–Crippen LogP) is 0.559. The number of aliphatic carboxylic acids is 2. The molecule has 3 rings (SSSR count). The number of carboxylic acids is 2. The lowest BCUT2D eigenvalue weighted by molar-refractivity contribution is -0.150. The van der Waals surface area contributed by atoms with Gasteiger partial charge in [-0.25, -0.2) is 4.79 Å². The van der Waals surface area contributed by atoms with Crippen LogP contribution in [0.1, 0.15) is 25.7 Å². The molecule has 3 fully saturated rings. The van der Waals surface area contributed by atoms with Gasteiger partial charge in [0.05, 0.1) is 12.0 Å². The van der Waals surface area contributed by atoms with Crippen molar-refractivity contribution in [3.8, 4) is 0 Å². The van der Waals surface area contributed by atoms with Crippen molar-refractivity contribution in [3.63, 3.8) is 0 Å². The smallest absolute Gasteiger partial charge is 0.329 e. The Morgan fingerprint density at radius 2 is 1.92 bits per heavy atom. The van der Waals surface area contributed by atoms with Crippen LogP contribution >= 0.6 is 24.2 Å². The lowest BCUT2D eigenvalue weighted by Gasteiger charge is -2.31. The number of rotatable bonds is 7. The molecule has 5 N–H and O–H groups in total. The molecule has 0 unspecified atom stereocenters. The summed E-state index contributed by atoms with van der Waals surface area (Å²) in [6, 6.07) is -0.769. The number of halogens is 1. The van der Waals surface area contributed by atoms with E-state index >= 15 is 0 Å². The average molecular weight is 379 g/mol. The van der Waals surface area contributed by atoms with Gasteiger partial charge >= 0.3 is 11.9 Å². The summed E-state index contributed by atoms with van der Waals surface area (Å²) < 4.78 is 0. The summed E-state index contributed by atoms with van der Waals surface area (Å²) in [6.07, 6.45) is 4.39. The molecule has 3 aliphatic rings. The highest BCUT2D eigenvalue weighted by Crippen LogP contribution is 2.78. The first-order valence-electron chi connectivity index (χ1n) is 7.82. The van der Waals surface area contributed by atoms with Crippen LogP contribution in [0.4, 0.5) is 0 Å². The molecule has 0 saturated heterocycles. The molecular weight excluding hydrogens is 356 g/mol. The summed E-state index contributed by atoms with van der Waals surface area (Å²) in [7, 11) is 0. The van der Waals surface area contributed by atoms with Crippen molar-refractivity contribution >= 4 is 42.0 Å². The zero-order chi connectivity index (χ0) is 17.0. The van der Waals surface area contributed by atoms with E-state index in [1.165, 1.54) is 0 Å². The molecular formula is C15H23ClN2O5S. The van der Waals surface area contributed by atoms with Crippen molar-refractivity contribution in [1.82, 2.24) is 5.32 Å². The molecule has 0 aromatic heterocycles. The number of hydrogen-bond acceptors (Lipinski definition) is 5. The Morgan fingerprint density at radius 3 is 2.38 bits per heavy atom. The first-order chi connectivity index (χ1) is 10.8. The Labute approximate surface area is 150 Å². The highest BCUT2D eigenvalue weighted by Gasteiger charge is 2.82. The van der Waals surface area contributed by atoms with E-state index in [-0.39, 0.29) is 23.7 Å². The van der Waals surface area contributed by atoms with Gasteiger partial charge in [-0.15, -0.1) is 12.4 Å². The first kappa shape index (κ1) is 19.3. The molecule has 1 spiro atoms. The van der Waals surface area contributed by atoms with Crippen LogP contribution in [0, 0.1) is 23.2 Å². The van der Waals surface area contributed by atoms with Gasteiger partial charge in [-0.3, -0.25) is 9.59 Å². The Kier molecular flexibility index (Phi) is 5.14. The van der Waals surface area contributed by atoms with Crippen LogP contribution < -0.4 is 11.1 Å². The maximum Gasteiger partial charge on any atom is 0.329 e. The lowest BCUT2D eigenvalue weighted by Crippen LogP contribution is -2.59. The van der Waals surface area contributed by atoms with E-state index in [2.05, 4.69) is 5.32 Å². The Bertz CT molecular complexity index is 570. The van der Waals surface area contributed by atoms with Crippen molar-refractivity contribution in [2.75, 3.05) is 12.0 Å². The summed E-state index contributed by atoms with van der Waals surface area (Å²) in [5, 5.41) is 21.8. The fourth-order valence-corrected chi connectivity index (χ4v) is 5.03. The molecule has 9 heteroatoms. The minimum absolute atomic E-state index is 0. The molecule has 7 nitrogen and oxygen atoms in total. The van der Waals surface area contributed by atoms with Gasteiger partial charge in [0, 0.05) is 5.92 Å². The van der Waals surface area contributed by atoms with Gasteiger partial charge in [0.1, 0.15) is 5.54 Å². The highest BCUT2D eigenvalue weighted by atomic mass is 35.5. The van der Waals surface area contributed by atoms with Crippen molar-refractivity contribution in [2.45, 2.75) is 37.3 Å². The fraction of sp³-hybridized carbons (Fsp3) is 0.800. The van der Waals surface area contributed by atoms with Crippen LogP contribution in [-0.2, 0) is 14.4 Å². The predicted molar refractivity (Wildman–Crippen MR) is 91.1 cm³/mol. The van der Waals surface area contributed by atoms with Crippen LogP contribution in [-0.4, -0.2) is 51.6 Å². The minimum atomic E-state index is -1.47. The SMILES string of the molecule is CSCC[C@H](N)C(=O)N[C@@]1(C(=O)O)CC2(CC2)[C@H]2[C@H](C(=O)O)[C@H]21.Cl. The molecule has 0 bridgehead atoms. The van der Waals surface area contributed by atoms with Crippen LogP contribution in [0.25, 0.3) is 0 Å². The van der Waals surface area contributed by atoms with Gasteiger partial charge in [-0.2, -0.15) is 11.8 Å². The Hall–Kier alpha value is -0.990. The molecule has 3 aliphatic carbocycles. The number of nitrogens with one attached hydrogen (secondary N) is 1. The third-order valence-corrected chi connectivity index (χ3v) is 6.45. The van der Waals surface area contributed by atoms with E-state index in [1.54, 1.807) is 11.8 Å². The second-order valence-corrected chi connectivity index (χ2v) is 8.09. The van der Waals surface area contributed by atoms with Gasteiger partial charge < -0.3 is 21.3 Å². The summed E-state index contributed by atoms with van der Waals surface area (Å²) in [6.45, 7) is 0. The molecule has 0 aliphatic heterocycles. The quantitative estimate of drug-likeness (QED) is 0.509. The molecule has 24 heavy (non-hydrogen) atoms. The second kappa shape index (κ2) is 6.38. The van der Waals surface area contributed by atoms with Crippen LogP contribution in [0.3, 0.4) is 0 Å². The second-order valence-electron chi connectivity index (χ2n) is 7.11. The number of thioether (sulfide) groups is 1. The average Bonchev–Trinajstić information content (AvgIpc) is 3.35. The monoisotopic (exact) mass is 378 g/mol. The largest absolute Gasteiger partial charge is 0.481 e. The van der Waals surface area contributed by atoms with Gasteiger partial charge in [0.2, 0.25) is 5.91 Å². The zero-order valence-electron chi connectivity index (χ0n) is 13.4. The number of carbonyl (C=O) groups excluding carboxylic acids is 1. The topological polar surface area (TPSA) is 130 Å². The highest BCUT2D eigenvalue weighted by molar-refractivity contribution is 7.98. The first-order valence-corrected chi connectivity index (χ1v) is 9.21. The van der Waals surface area contributed by atoms with E-state index < -0.39 is 41.3 Å². The van der Waals surface area contributed by atoms with Crippen LogP contribution in [0.2, 0.25) is 0 Å².